The van der Waals surface area contributed by atoms with E-state index in [-0.39, 0.29) is 54.5 Å². The Balaban J connectivity index is 1.72. The normalized spacial score (nSPS) is 14.9. The SMILES string of the molecule is C[C@H](C(=O)NC1CCCC1)N(Cc1ccccc1)C(=O)CCCN(c1cc(Cl)ccc1Cl)S(C)(=O)=O. The molecule has 2 amide bonds. The van der Waals surface area contributed by atoms with Gasteiger partial charge in [-0.05, 0) is 49.9 Å². The van der Waals surface area contributed by atoms with Crippen molar-refractivity contribution in [1.82, 2.24) is 10.2 Å². The molecule has 0 heterocycles. The molecule has 1 atom stereocenters. The van der Waals surface area contributed by atoms with Crippen LogP contribution in [-0.4, -0.2) is 50.0 Å². The molecule has 36 heavy (non-hydrogen) atoms. The van der Waals surface area contributed by atoms with Crippen LogP contribution >= 0.6 is 23.2 Å². The first-order chi connectivity index (χ1) is 17.1. The number of amides is 2. The van der Waals surface area contributed by atoms with Crippen LogP contribution in [0.5, 0.6) is 0 Å². The van der Waals surface area contributed by atoms with E-state index in [0.29, 0.717) is 5.02 Å². The maximum atomic E-state index is 13.4. The Labute approximate surface area is 223 Å². The van der Waals surface area contributed by atoms with E-state index < -0.39 is 16.1 Å². The number of nitrogens with zero attached hydrogens (tertiary/aromatic N) is 2. The van der Waals surface area contributed by atoms with Gasteiger partial charge in [0.15, 0.2) is 0 Å². The van der Waals surface area contributed by atoms with E-state index in [9.17, 15) is 18.0 Å². The quantitative estimate of drug-likeness (QED) is 0.423. The summed E-state index contributed by atoms with van der Waals surface area (Å²) in [6, 6.07) is 13.6. The van der Waals surface area contributed by atoms with Crippen LogP contribution in [0.25, 0.3) is 0 Å². The van der Waals surface area contributed by atoms with Gasteiger partial charge in [-0.3, -0.25) is 13.9 Å². The Morgan fingerprint density at radius 1 is 1.08 bits per heavy atom. The van der Waals surface area contributed by atoms with Crippen molar-refractivity contribution in [3.8, 4) is 0 Å². The summed E-state index contributed by atoms with van der Waals surface area (Å²) in [5, 5.41) is 3.69. The van der Waals surface area contributed by atoms with E-state index in [1.165, 1.54) is 12.1 Å². The lowest BCUT2D eigenvalue weighted by Gasteiger charge is -2.30. The summed E-state index contributed by atoms with van der Waals surface area (Å²) in [6.07, 6.45) is 5.51. The molecular weight excluding hydrogens is 521 g/mol. The van der Waals surface area contributed by atoms with Crippen molar-refractivity contribution in [3.05, 3.63) is 64.1 Å². The fourth-order valence-electron chi connectivity index (χ4n) is 4.41. The third-order valence-corrected chi connectivity index (χ3v) is 8.13. The summed E-state index contributed by atoms with van der Waals surface area (Å²) in [6.45, 7) is 2.07. The molecule has 3 rings (SSSR count). The maximum Gasteiger partial charge on any atom is 0.242 e. The minimum atomic E-state index is -3.67. The zero-order valence-corrected chi connectivity index (χ0v) is 23.0. The summed E-state index contributed by atoms with van der Waals surface area (Å²) in [7, 11) is -3.67. The Kier molecular flexibility index (Phi) is 10.0. The minimum Gasteiger partial charge on any atom is -0.352 e. The highest BCUT2D eigenvalue weighted by Gasteiger charge is 2.29. The molecule has 2 aromatic rings. The van der Waals surface area contributed by atoms with Crippen molar-refractivity contribution in [1.29, 1.82) is 0 Å². The van der Waals surface area contributed by atoms with E-state index in [1.807, 2.05) is 30.3 Å². The number of hydrogen-bond acceptors (Lipinski definition) is 4. The number of benzene rings is 2. The molecule has 1 aliphatic rings. The predicted octanol–water partition coefficient (Wildman–Crippen LogP) is 5.02. The molecule has 0 unspecified atom stereocenters. The second-order valence-electron chi connectivity index (χ2n) is 9.21. The highest BCUT2D eigenvalue weighted by molar-refractivity contribution is 7.92. The molecule has 1 fully saturated rings. The van der Waals surface area contributed by atoms with Gasteiger partial charge in [0, 0.05) is 30.6 Å². The van der Waals surface area contributed by atoms with Gasteiger partial charge >= 0.3 is 0 Å². The van der Waals surface area contributed by atoms with Crippen molar-refractivity contribution in [3.63, 3.8) is 0 Å². The topological polar surface area (TPSA) is 86.8 Å². The lowest BCUT2D eigenvalue weighted by Crippen LogP contribution is -2.49. The number of sulfonamides is 1. The Bertz CT molecular complexity index is 1160. The van der Waals surface area contributed by atoms with Crippen LogP contribution in [0.1, 0.15) is 51.0 Å². The third kappa shape index (κ3) is 7.85. The first kappa shape index (κ1) is 28.3. The fourth-order valence-corrected chi connectivity index (χ4v) is 5.82. The minimum absolute atomic E-state index is 0.0481. The van der Waals surface area contributed by atoms with Gasteiger partial charge in [-0.25, -0.2) is 8.42 Å². The van der Waals surface area contributed by atoms with Crippen molar-refractivity contribution in [2.75, 3.05) is 17.1 Å². The largest absolute Gasteiger partial charge is 0.352 e. The average molecular weight is 555 g/mol. The van der Waals surface area contributed by atoms with Crippen molar-refractivity contribution < 1.29 is 18.0 Å². The molecule has 1 N–H and O–H groups in total. The molecule has 0 aliphatic heterocycles. The molecule has 0 radical (unpaired) electrons. The fraction of sp³-hybridized carbons (Fsp3) is 0.462. The highest BCUT2D eigenvalue weighted by Crippen LogP contribution is 2.31. The number of rotatable bonds is 11. The van der Waals surface area contributed by atoms with E-state index in [2.05, 4.69) is 5.32 Å². The van der Waals surface area contributed by atoms with Gasteiger partial charge in [-0.1, -0.05) is 66.4 Å². The Morgan fingerprint density at radius 2 is 1.75 bits per heavy atom. The summed E-state index contributed by atoms with van der Waals surface area (Å²) in [5.74, 6) is -0.395. The van der Waals surface area contributed by atoms with E-state index in [1.54, 1.807) is 17.9 Å². The van der Waals surface area contributed by atoms with Crippen LogP contribution in [0.2, 0.25) is 10.0 Å². The van der Waals surface area contributed by atoms with E-state index >= 15 is 0 Å². The van der Waals surface area contributed by atoms with Gasteiger partial charge in [0.25, 0.3) is 0 Å². The summed E-state index contributed by atoms with van der Waals surface area (Å²) in [5.41, 5.74) is 1.18. The lowest BCUT2D eigenvalue weighted by molar-refractivity contribution is -0.141. The lowest BCUT2D eigenvalue weighted by atomic mass is 10.1. The molecular formula is C26H33Cl2N3O4S. The molecule has 0 bridgehead atoms. The molecule has 0 aromatic heterocycles. The Hall–Kier alpha value is -2.29. The van der Waals surface area contributed by atoms with Crippen LogP contribution < -0.4 is 9.62 Å². The van der Waals surface area contributed by atoms with Crippen LogP contribution in [0.4, 0.5) is 5.69 Å². The van der Waals surface area contributed by atoms with Gasteiger partial charge < -0.3 is 10.2 Å². The van der Waals surface area contributed by atoms with Crippen molar-refractivity contribution >= 4 is 50.7 Å². The number of carbonyl (C=O) groups excluding carboxylic acids is 2. The maximum absolute atomic E-state index is 13.4. The number of hydrogen-bond donors (Lipinski definition) is 1. The first-order valence-electron chi connectivity index (χ1n) is 12.1. The number of anilines is 1. The van der Waals surface area contributed by atoms with Crippen molar-refractivity contribution in [2.45, 2.75) is 64.1 Å². The molecule has 1 saturated carbocycles. The highest BCUT2D eigenvalue weighted by atomic mass is 35.5. The molecule has 10 heteroatoms. The average Bonchev–Trinajstić information content (AvgIpc) is 3.34. The summed E-state index contributed by atoms with van der Waals surface area (Å²) >= 11 is 12.3. The molecule has 7 nitrogen and oxygen atoms in total. The number of halogens is 2. The van der Waals surface area contributed by atoms with Crippen LogP contribution in [0.3, 0.4) is 0 Å². The van der Waals surface area contributed by atoms with Gasteiger partial charge in [-0.15, -0.1) is 0 Å². The van der Waals surface area contributed by atoms with E-state index in [4.69, 9.17) is 23.2 Å². The zero-order valence-electron chi connectivity index (χ0n) is 20.6. The van der Waals surface area contributed by atoms with Crippen LogP contribution in [-0.2, 0) is 26.2 Å². The van der Waals surface area contributed by atoms with E-state index in [0.717, 1.165) is 41.8 Å². The second kappa shape index (κ2) is 12.8. The van der Waals surface area contributed by atoms with Crippen LogP contribution in [0.15, 0.2) is 48.5 Å². The zero-order chi connectivity index (χ0) is 26.3. The smallest absolute Gasteiger partial charge is 0.242 e. The van der Waals surface area contributed by atoms with Crippen LogP contribution in [0, 0.1) is 0 Å². The van der Waals surface area contributed by atoms with Gasteiger partial charge in [0.1, 0.15) is 6.04 Å². The molecule has 1 aliphatic carbocycles. The Morgan fingerprint density at radius 3 is 2.39 bits per heavy atom. The molecule has 0 saturated heterocycles. The monoisotopic (exact) mass is 553 g/mol. The molecule has 2 aromatic carbocycles. The van der Waals surface area contributed by atoms with Crippen molar-refractivity contribution in [2.24, 2.45) is 0 Å². The molecule has 196 valence electrons. The molecule has 0 spiro atoms. The summed E-state index contributed by atoms with van der Waals surface area (Å²) < 4.78 is 26.1. The van der Waals surface area contributed by atoms with Gasteiger partial charge in [-0.2, -0.15) is 0 Å². The third-order valence-electron chi connectivity index (χ3n) is 6.39. The second-order valence-corrected chi connectivity index (χ2v) is 12.0. The standard InChI is InChI=1S/C26H33Cl2N3O4S/c1-19(26(33)29-22-11-6-7-12-22)30(18-20-9-4-3-5-10-20)25(32)13-8-16-31(36(2,34)35)24-17-21(27)14-15-23(24)28/h3-5,9-10,14-15,17,19,22H,6-8,11-13,16,18H2,1-2H3,(H,29,33)/t19-/m1/s1. The summed E-state index contributed by atoms with van der Waals surface area (Å²) in [4.78, 5) is 27.9. The number of carbonyl (C=O) groups is 2. The van der Waals surface area contributed by atoms with Gasteiger partial charge in [0.05, 0.1) is 17.0 Å². The first-order valence-corrected chi connectivity index (χ1v) is 14.7. The number of nitrogens with one attached hydrogen (secondary N) is 1. The predicted molar refractivity (Wildman–Crippen MR) is 145 cm³/mol. The van der Waals surface area contributed by atoms with Gasteiger partial charge in [0.2, 0.25) is 21.8 Å².